The molecule has 0 aliphatic carbocycles. The summed E-state index contributed by atoms with van der Waals surface area (Å²) in [5.41, 5.74) is 3.04. The average Bonchev–Trinajstić information content (AvgIpc) is 2.64. The predicted molar refractivity (Wildman–Crippen MR) is 107 cm³/mol. The number of carbonyl (C=O) groups excluding carboxylic acids is 2. The molecule has 2 atom stereocenters. The minimum absolute atomic E-state index is 0.196. The zero-order valence-electron chi connectivity index (χ0n) is 15.7. The molecule has 26 heavy (non-hydrogen) atoms. The third-order valence-corrected chi connectivity index (χ3v) is 4.10. The third-order valence-electron chi connectivity index (χ3n) is 4.10. The van der Waals surface area contributed by atoms with Crippen molar-refractivity contribution < 1.29 is 18.9 Å². The summed E-state index contributed by atoms with van der Waals surface area (Å²) in [6.07, 6.45) is 1.74. The molecule has 140 valence electrons. The molecule has 2 unspecified atom stereocenters. The lowest BCUT2D eigenvalue weighted by molar-refractivity contribution is -0.144. The summed E-state index contributed by atoms with van der Waals surface area (Å²) in [7, 11) is 0.611. The molecule has 0 aromatic heterocycles. The fourth-order valence-electron chi connectivity index (χ4n) is 2.79. The number of hydrogen-bond donors (Lipinski definition) is 0. The topological polar surface area (TPSA) is 60.4 Å². The van der Waals surface area contributed by atoms with Crippen LogP contribution in [0.15, 0.2) is 48.5 Å². The van der Waals surface area contributed by atoms with Crippen molar-refractivity contribution in [3.63, 3.8) is 0 Å². The van der Waals surface area contributed by atoms with Crippen LogP contribution in [0, 0.1) is 13.8 Å². The number of aryl methyl sites for hydroxylation is 2. The molecule has 0 heterocycles. The number of Topliss-reactive ketones (excluding diaryl/α,β-unsaturated/α-hetero) is 1. The van der Waals surface area contributed by atoms with E-state index in [-0.39, 0.29) is 5.78 Å². The Bertz CT molecular complexity index is 708. The first-order chi connectivity index (χ1) is 12.6. The maximum atomic E-state index is 13.2. The van der Waals surface area contributed by atoms with Crippen molar-refractivity contribution in [3.05, 3.63) is 70.8 Å². The molecule has 0 aliphatic heterocycles. The van der Waals surface area contributed by atoms with Crippen molar-refractivity contribution in [3.8, 4) is 0 Å². The molecular formula is C21H27O4P. The second-order valence-electron chi connectivity index (χ2n) is 6.00. The van der Waals surface area contributed by atoms with E-state index in [0.717, 1.165) is 24.0 Å². The normalized spacial score (nSPS) is 11.2. The van der Waals surface area contributed by atoms with Crippen LogP contribution in [0.1, 0.15) is 52.7 Å². The molecule has 4 nitrogen and oxygen atoms in total. The number of benzene rings is 2. The molecule has 0 N–H and O–H groups in total. The Hall–Kier alpha value is -2.19. The Morgan fingerprint density at radius 2 is 1.54 bits per heavy atom. The van der Waals surface area contributed by atoms with E-state index in [2.05, 4.69) is 0 Å². The van der Waals surface area contributed by atoms with Crippen LogP contribution in [-0.4, -0.2) is 18.4 Å². The minimum Gasteiger partial charge on any atom is -0.465 e. The van der Waals surface area contributed by atoms with Crippen molar-refractivity contribution in [1.29, 1.82) is 0 Å². The van der Waals surface area contributed by atoms with Gasteiger partial charge in [-0.05, 0) is 37.0 Å². The lowest BCUT2D eigenvalue weighted by atomic mass is 9.87. The van der Waals surface area contributed by atoms with Gasteiger partial charge in [-0.3, -0.25) is 9.59 Å². The van der Waals surface area contributed by atoms with Crippen LogP contribution in [0.4, 0.5) is 0 Å². The van der Waals surface area contributed by atoms with E-state index in [1.165, 1.54) is 0 Å². The molecule has 0 saturated carbocycles. The maximum absolute atomic E-state index is 13.2. The molecule has 0 fully saturated rings. The molecule has 0 spiro atoms. The summed E-state index contributed by atoms with van der Waals surface area (Å²) < 4.78 is 13.6. The molecule has 5 heteroatoms. The Balaban J connectivity index is 0.00000163. The van der Waals surface area contributed by atoms with Gasteiger partial charge in [0.15, 0.2) is 5.78 Å². The molecular weight excluding hydrogens is 347 g/mol. The number of carbonyl (C=O) groups is 2. The van der Waals surface area contributed by atoms with E-state index in [0.29, 0.717) is 26.9 Å². The number of ketones is 1. The van der Waals surface area contributed by atoms with Crippen LogP contribution in [0.25, 0.3) is 0 Å². The third kappa shape index (κ3) is 5.67. The first kappa shape index (κ1) is 21.9. The average molecular weight is 374 g/mol. The first-order valence-electron chi connectivity index (χ1n) is 8.67. The number of unbranched alkanes of at least 4 members (excludes halogenated alkanes) is 1. The Morgan fingerprint density at radius 1 is 0.962 bits per heavy atom. The lowest BCUT2D eigenvalue weighted by Gasteiger charge is -2.18. The predicted octanol–water partition coefficient (Wildman–Crippen LogP) is 4.55. The van der Waals surface area contributed by atoms with E-state index >= 15 is 0 Å². The van der Waals surface area contributed by atoms with Crippen molar-refractivity contribution >= 4 is 20.9 Å². The summed E-state index contributed by atoms with van der Waals surface area (Å²) in [5, 5.41) is 0. The van der Waals surface area contributed by atoms with Crippen LogP contribution in [0.5, 0.6) is 0 Å². The van der Waals surface area contributed by atoms with E-state index in [9.17, 15) is 9.59 Å². The fraction of sp³-hybridized carbons (Fsp3) is 0.333. The van der Waals surface area contributed by atoms with E-state index in [1.807, 2.05) is 57.2 Å². The second-order valence-corrected chi connectivity index (χ2v) is 6.00. The van der Waals surface area contributed by atoms with Gasteiger partial charge in [-0.25, -0.2) is 0 Å². The van der Waals surface area contributed by atoms with Crippen molar-refractivity contribution in [1.82, 2.24) is 0 Å². The van der Waals surface area contributed by atoms with E-state index in [4.69, 9.17) is 9.30 Å². The van der Waals surface area contributed by atoms with Gasteiger partial charge >= 0.3 is 5.97 Å². The molecule has 2 rings (SSSR count). The van der Waals surface area contributed by atoms with Gasteiger partial charge in [0.05, 0.1) is 15.7 Å². The Kier molecular flexibility index (Phi) is 9.61. The van der Waals surface area contributed by atoms with Gasteiger partial charge in [0.2, 0.25) is 0 Å². The molecule has 0 amide bonds. The monoisotopic (exact) mass is 374 g/mol. The lowest BCUT2D eigenvalue weighted by Crippen LogP contribution is -2.26. The molecule has 0 bridgehead atoms. The van der Waals surface area contributed by atoms with Crippen molar-refractivity contribution in [2.45, 2.75) is 39.5 Å². The van der Waals surface area contributed by atoms with Crippen molar-refractivity contribution in [2.75, 3.05) is 6.61 Å². The standard InChI is InChI=1S/C21H24O3.H3OP/c1-4-5-14-24-21(23)19(17-12-7-6-8-13-17)20(22)18-15(2)10-9-11-16(18)3;1-2/h6-13,19H,4-5,14H2,1-3H3;2H3. The zero-order chi connectivity index (χ0) is 19.5. The van der Waals surface area contributed by atoms with Gasteiger partial charge in [0.1, 0.15) is 5.92 Å². The summed E-state index contributed by atoms with van der Waals surface area (Å²) in [6, 6.07) is 14.8. The first-order valence-corrected chi connectivity index (χ1v) is 9.24. The highest BCUT2D eigenvalue weighted by atomic mass is 31.0. The molecule has 2 aromatic rings. The molecule has 0 radical (unpaired) electrons. The van der Waals surface area contributed by atoms with Gasteiger partial charge in [0.25, 0.3) is 0 Å². The summed E-state index contributed by atoms with van der Waals surface area (Å²) in [5.74, 6) is -1.58. The fourth-order valence-corrected chi connectivity index (χ4v) is 2.79. The molecule has 0 saturated heterocycles. The van der Waals surface area contributed by atoms with Crippen LogP contribution in [0.2, 0.25) is 0 Å². The molecule has 2 aromatic carbocycles. The van der Waals surface area contributed by atoms with Crippen molar-refractivity contribution in [2.24, 2.45) is 0 Å². The van der Waals surface area contributed by atoms with E-state index < -0.39 is 11.9 Å². The van der Waals surface area contributed by atoms with Crippen LogP contribution in [-0.2, 0) is 14.1 Å². The highest BCUT2D eigenvalue weighted by molar-refractivity contribution is 7.00. The minimum atomic E-state index is -0.914. The number of hydrogen-bond acceptors (Lipinski definition) is 4. The van der Waals surface area contributed by atoms with Gasteiger partial charge in [-0.2, -0.15) is 0 Å². The van der Waals surface area contributed by atoms with Gasteiger partial charge in [0, 0.05) is 5.56 Å². The number of esters is 1. The maximum Gasteiger partial charge on any atom is 0.321 e. The van der Waals surface area contributed by atoms with Crippen LogP contribution < -0.4 is 0 Å². The second kappa shape index (κ2) is 11.4. The van der Waals surface area contributed by atoms with Gasteiger partial charge in [-0.15, -0.1) is 0 Å². The number of rotatable bonds is 7. The summed E-state index contributed by atoms with van der Waals surface area (Å²) >= 11 is 0. The smallest absolute Gasteiger partial charge is 0.321 e. The number of ether oxygens (including phenoxy) is 1. The Morgan fingerprint density at radius 3 is 2.08 bits per heavy atom. The zero-order valence-corrected chi connectivity index (χ0v) is 17.1. The molecule has 0 aliphatic rings. The summed E-state index contributed by atoms with van der Waals surface area (Å²) in [6.45, 7) is 6.17. The van der Waals surface area contributed by atoms with Crippen LogP contribution in [0.3, 0.4) is 0 Å². The highest BCUT2D eigenvalue weighted by Gasteiger charge is 2.32. The largest absolute Gasteiger partial charge is 0.465 e. The highest BCUT2D eigenvalue weighted by Crippen LogP contribution is 2.26. The van der Waals surface area contributed by atoms with E-state index in [1.54, 1.807) is 12.1 Å². The Labute approximate surface area is 157 Å². The van der Waals surface area contributed by atoms with Crippen LogP contribution >= 0.6 is 9.12 Å². The SMILES string of the molecule is CCCCOC(=O)C(C(=O)c1c(C)cccc1C)c1ccccc1.O=[PH3]. The van der Waals surface area contributed by atoms with Gasteiger partial charge < -0.3 is 9.30 Å². The summed E-state index contributed by atoms with van der Waals surface area (Å²) in [4.78, 5) is 25.8. The quantitative estimate of drug-likeness (QED) is 0.234. The van der Waals surface area contributed by atoms with Gasteiger partial charge in [-0.1, -0.05) is 61.9 Å².